The van der Waals surface area contributed by atoms with E-state index in [-0.39, 0.29) is 11.7 Å². The first kappa shape index (κ1) is 16.9. The van der Waals surface area contributed by atoms with Crippen molar-refractivity contribution >= 4 is 48.5 Å². The summed E-state index contributed by atoms with van der Waals surface area (Å²) in [5, 5.41) is 4.46. The van der Waals surface area contributed by atoms with Crippen LogP contribution in [0.15, 0.2) is 63.6 Å². The van der Waals surface area contributed by atoms with Crippen LogP contribution in [-0.4, -0.2) is 16.0 Å². The Morgan fingerprint density at radius 3 is 2.73 bits per heavy atom. The normalized spacial score (nSPS) is 11.0. The molecule has 5 nitrogen and oxygen atoms in total. The molecule has 0 aliphatic rings. The Hall–Kier alpha value is -2.51. The second-order valence-corrected chi connectivity index (χ2v) is 7.74. The topological polar surface area (TPSA) is 59.2 Å². The summed E-state index contributed by atoms with van der Waals surface area (Å²) >= 11 is 4.95. The number of rotatable bonds is 4. The van der Waals surface area contributed by atoms with Gasteiger partial charge >= 0.3 is 0 Å². The molecule has 0 unspecified atom stereocenters. The van der Waals surface area contributed by atoms with Crippen molar-refractivity contribution in [1.29, 1.82) is 0 Å². The zero-order valence-electron chi connectivity index (χ0n) is 13.8. The van der Waals surface area contributed by atoms with Gasteiger partial charge in [0.15, 0.2) is 5.13 Å². The summed E-state index contributed by atoms with van der Waals surface area (Å²) in [4.78, 5) is 19.3. The van der Waals surface area contributed by atoms with Gasteiger partial charge in [0.25, 0.3) is 5.91 Å². The maximum atomic E-state index is 13.1. The average Bonchev–Trinajstić information content (AvgIpc) is 3.25. The van der Waals surface area contributed by atoms with Crippen LogP contribution in [0.2, 0.25) is 0 Å². The van der Waals surface area contributed by atoms with E-state index in [0.717, 1.165) is 20.3 Å². The van der Waals surface area contributed by atoms with Crippen molar-refractivity contribution in [3.05, 3.63) is 76.1 Å². The van der Waals surface area contributed by atoms with Crippen LogP contribution in [0.4, 0.5) is 5.13 Å². The minimum Gasteiger partial charge on any atom is -0.351 e. The molecule has 26 heavy (non-hydrogen) atoms. The van der Waals surface area contributed by atoms with Gasteiger partial charge in [-0.05, 0) is 30.7 Å². The molecule has 1 amide bonds. The number of amides is 1. The van der Waals surface area contributed by atoms with Crippen LogP contribution < -0.4 is 4.90 Å². The number of halogens is 1. The number of carbonyl (C=O) groups is 1. The van der Waals surface area contributed by atoms with Crippen LogP contribution in [0.3, 0.4) is 0 Å². The van der Waals surface area contributed by atoms with Gasteiger partial charge in [0.2, 0.25) is 5.76 Å². The van der Waals surface area contributed by atoms with Crippen molar-refractivity contribution in [1.82, 2.24) is 10.1 Å². The smallest absolute Gasteiger partial charge is 0.298 e. The summed E-state index contributed by atoms with van der Waals surface area (Å²) < 4.78 is 7.17. The van der Waals surface area contributed by atoms with E-state index < -0.39 is 0 Å². The zero-order chi connectivity index (χ0) is 18.1. The molecule has 0 saturated heterocycles. The molecule has 0 radical (unpaired) electrons. The molecule has 2 aromatic heterocycles. The number of benzene rings is 2. The fourth-order valence-electron chi connectivity index (χ4n) is 2.59. The molecule has 0 atom stereocenters. The molecular weight excluding hydrogens is 414 g/mol. The SMILES string of the molecule is Cc1cc(C(=O)N(Cc2ccccc2)c2nc3ccc(Br)cc3s2)on1. The van der Waals surface area contributed by atoms with Crippen molar-refractivity contribution in [2.24, 2.45) is 0 Å². The van der Waals surface area contributed by atoms with Gasteiger partial charge in [-0.1, -0.05) is 62.8 Å². The van der Waals surface area contributed by atoms with Gasteiger partial charge in [0, 0.05) is 10.5 Å². The van der Waals surface area contributed by atoms with E-state index in [1.807, 2.05) is 48.5 Å². The molecule has 0 N–H and O–H groups in total. The minimum atomic E-state index is -0.257. The van der Waals surface area contributed by atoms with Gasteiger partial charge < -0.3 is 4.52 Å². The minimum absolute atomic E-state index is 0.207. The maximum absolute atomic E-state index is 13.1. The van der Waals surface area contributed by atoms with E-state index in [4.69, 9.17) is 4.52 Å². The van der Waals surface area contributed by atoms with E-state index >= 15 is 0 Å². The first-order valence-corrected chi connectivity index (χ1v) is 9.56. The molecule has 0 fully saturated rings. The third kappa shape index (κ3) is 3.40. The monoisotopic (exact) mass is 427 g/mol. The Labute approximate surface area is 162 Å². The van der Waals surface area contributed by atoms with Crippen LogP contribution in [0, 0.1) is 6.92 Å². The molecule has 4 aromatic rings. The number of hydrogen-bond donors (Lipinski definition) is 0. The van der Waals surface area contributed by atoms with Crippen molar-refractivity contribution in [2.75, 3.05) is 4.90 Å². The molecular formula is C19H14BrN3O2S. The first-order chi connectivity index (χ1) is 12.6. The van der Waals surface area contributed by atoms with Crippen molar-refractivity contribution < 1.29 is 9.32 Å². The second kappa shape index (κ2) is 7.01. The van der Waals surface area contributed by atoms with Crippen LogP contribution in [0.1, 0.15) is 21.8 Å². The van der Waals surface area contributed by atoms with Gasteiger partial charge in [-0.25, -0.2) is 4.98 Å². The van der Waals surface area contributed by atoms with E-state index in [1.165, 1.54) is 11.3 Å². The first-order valence-electron chi connectivity index (χ1n) is 7.95. The molecule has 0 aliphatic heterocycles. The molecule has 130 valence electrons. The molecule has 0 bridgehead atoms. The molecule has 2 aromatic carbocycles. The van der Waals surface area contributed by atoms with E-state index in [2.05, 4.69) is 26.1 Å². The fourth-order valence-corrected chi connectivity index (χ4v) is 4.11. The summed E-state index contributed by atoms with van der Waals surface area (Å²) in [6.07, 6.45) is 0. The van der Waals surface area contributed by atoms with Crippen molar-refractivity contribution in [3.63, 3.8) is 0 Å². The van der Waals surface area contributed by atoms with Crippen LogP contribution in [-0.2, 0) is 6.54 Å². The quantitative estimate of drug-likeness (QED) is 0.448. The maximum Gasteiger partial charge on any atom is 0.298 e. The highest BCUT2D eigenvalue weighted by atomic mass is 79.9. The van der Waals surface area contributed by atoms with E-state index in [0.29, 0.717) is 17.4 Å². The molecule has 0 aliphatic carbocycles. The third-order valence-electron chi connectivity index (χ3n) is 3.84. The summed E-state index contributed by atoms with van der Waals surface area (Å²) in [6, 6.07) is 17.3. The summed E-state index contributed by atoms with van der Waals surface area (Å²) in [5.74, 6) is -0.0496. The summed E-state index contributed by atoms with van der Waals surface area (Å²) in [7, 11) is 0. The van der Waals surface area contributed by atoms with Gasteiger partial charge in [0.1, 0.15) is 0 Å². The van der Waals surface area contributed by atoms with E-state index in [1.54, 1.807) is 17.9 Å². The van der Waals surface area contributed by atoms with Gasteiger partial charge in [0.05, 0.1) is 22.5 Å². The lowest BCUT2D eigenvalue weighted by molar-refractivity contribution is 0.0949. The summed E-state index contributed by atoms with van der Waals surface area (Å²) in [6.45, 7) is 2.19. The Bertz CT molecular complexity index is 1070. The Morgan fingerprint density at radius 2 is 2.00 bits per heavy atom. The highest BCUT2D eigenvalue weighted by Gasteiger charge is 2.25. The lowest BCUT2D eigenvalue weighted by Gasteiger charge is -2.18. The fraction of sp³-hybridized carbons (Fsp3) is 0.105. The number of fused-ring (bicyclic) bond motifs is 1. The second-order valence-electron chi connectivity index (χ2n) is 5.82. The van der Waals surface area contributed by atoms with Crippen LogP contribution >= 0.6 is 27.3 Å². The molecule has 7 heteroatoms. The van der Waals surface area contributed by atoms with Crippen LogP contribution in [0.25, 0.3) is 10.2 Å². The van der Waals surface area contributed by atoms with Gasteiger partial charge in [-0.15, -0.1) is 0 Å². The predicted molar refractivity (Wildman–Crippen MR) is 106 cm³/mol. The van der Waals surface area contributed by atoms with E-state index in [9.17, 15) is 4.79 Å². The van der Waals surface area contributed by atoms with Gasteiger partial charge in [-0.2, -0.15) is 0 Å². The number of aryl methyl sites for hydroxylation is 1. The largest absolute Gasteiger partial charge is 0.351 e. The lowest BCUT2D eigenvalue weighted by Crippen LogP contribution is -2.30. The number of anilines is 1. The molecule has 0 saturated carbocycles. The predicted octanol–water partition coefficient (Wildman–Crippen LogP) is 5.20. The van der Waals surface area contributed by atoms with Crippen molar-refractivity contribution in [2.45, 2.75) is 13.5 Å². The Kier molecular flexibility index (Phi) is 4.57. The average molecular weight is 428 g/mol. The Morgan fingerprint density at radius 1 is 1.19 bits per heavy atom. The van der Waals surface area contributed by atoms with Crippen LogP contribution in [0.5, 0.6) is 0 Å². The standard InChI is InChI=1S/C19H14BrN3O2S/c1-12-9-16(25-22-12)18(24)23(11-13-5-3-2-4-6-13)19-21-15-8-7-14(20)10-17(15)26-19/h2-10H,11H2,1H3. The highest BCUT2D eigenvalue weighted by Crippen LogP contribution is 2.32. The summed E-state index contributed by atoms with van der Waals surface area (Å²) in [5.41, 5.74) is 2.53. The lowest BCUT2D eigenvalue weighted by atomic mass is 10.2. The Balaban J connectivity index is 1.76. The third-order valence-corrected chi connectivity index (χ3v) is 5.37. The highest BCUT2D eigenvalue weighted by molar-refractivity contribution is 9.10. The number of thiazole rings is 1. The number of aromatic nitrogens is 2. The number of nitrogens with zero attached hydrogens (tertiary/aromatic N) is 3. The molecule has 0 spiro atoms. The molecule has 4 rings (SSSR count). The zero-order valence-corrected chi connectivity index (χ0v) is 16.3. The number of carbonyl (C=O) groups excluding carboxylic acids is 1. The number of hydrogen-bond acceptors (Lipinski definition) is 5. The van der Waals surface area contributed by atoms with Crippen molar-refractivity contribution in [3.8, 4) is 0 Å². The van der Waals surface area contributed by atoms with Gasteiger partial charge in [-0.3, -0.25) is 9.69 Å². The molecule has 2 heterocycles.